The van der Waals surface area contributed by atoms with Crippen LogP contribution in [-0.2, 0) is 14.8 Å². The quantitative estimate of drug-likeness (QED) is 0.833. The molecule has 100 valence electrons. The molecule has 0 saturated carbocycles. The number of halogens is 1. The zero-order valence-electron chi connectivity index (χ0n) is 10.2. The number of benzene rings is 1. The molecule has 1 aliphatic heterocycles. The molecule has 1 aliphatic rings. The molecule has 4 nitrogen and oxygen atoms in total. The zero-order valence-corrected chi connectivity index (χ0v) is 12.6. The summed E-state index contributed by atoms with van der Waals surface area (Å²) < 4.78 is 32.7. The van der Waals surface area contributed by atoms with E-state index in [9.17, 15) is 8.42 Å². The topological polar surface area (TPSA) is 46.6 Å². The summed E-state index contributed by atoms with van der Waals surface area (Å²) in [5.41, 5.74) is 0. The third-order valence-corrected chi connectivity index (χ3v) is 5.75. The molecule has 1 atom stereocenters. The lowest BCUT2D eigenvalue weighted by Gasteiger charge is -2.22. The van der Waals surface area contributed by atoms with Crippen LogP contribution < -0.4 is 0 Å². The molecule has 0 radical (unpaired) electrons. The first-order valence-electron chi connectivity index (χ1n) is 5.88. The van der Waals surface area contributed by atoms with E-state index in [1.807, 2.05) is 6.92 Å². The molecule has 1 saturated heterocycles. The van der Waals surface area contributed by atoms with Crippen molar-refractivity contribution in [3.05, 3.63) is 28.7 Å². The average Bonchev–Trinajstić information content (AvgIpc) is 2.54. The van der Waals surface area contributed by atoms with Crippen molar-refractivity contribution in [3.63, 3.8) is 0 Å². The van der Waals surface area contributed by atoms with E-state index in [0.717, 1.165) is 6.42 Å². The summed E-state index contributed by atoms with van der Waals surface area (Å²) in [5.74, 6) is 0. The highest BCUT2D eigenvalue weighted by molar-refractivity contribution is 9.10. The molecule has 2 rings (SSSR count). The lowest BCUT2D eigenvalue weighted by Crippen LogP contribution is -2.36. The third kappa shape index (κ3) is 2.93. The van der Waals surface area contributed by atoms with E-state index in [-0.39, 0.29) is 6.10 Å². The van der Waals surface area contributed by atoms with Gasteiger partial charge in [0.25, 0.3) is 0 Å². The van der Waals surface area contributed by atoms with Crippen molar-refractivity contribution < 1.29 is 13.2 Å². The lowest BCUT2D eigenvalue weighted by atomic mass is 10.4. The van der Waals surface area contributed by atoms with E-state index in [1.54, 1.807) is 24.3 Å². The molecule has 0 spiro atoms. The maximum absolute atomic E-state index is 12.5. The molecule has 1 heterocycles. The molecule has 6 heteroatoms. The SMILES string of the molecule is CC1CN(S(=O)(=O)c2ccccc2Br)CCCO1. The Morgan fingerprint density at radius 1 is 1.39 bits per heavy atom. The van der Waals surface area contributed by atoms with Crippen molar-refractivity contribution in [2.24, 2.45) is 0 Å². The summed E-state index contributed by atoms with van der Waals surface area (Å²) >= 11 is 3.30. The van der Waals surface area contributed by atoms with Gasteiger partial charge in [0.2, 0.25) is 10.0 Å². The van der Waals surface area contributed by atoms with Crippen molar-refractivity contribution in [2.75, 3.05) is 19.7 Å². The smallest absolute Gasteiger partial charge is 0.244 e. The first-order chi connectivity index (χ1) is 8.51. The number of rotatable bonds is 2. The highest BCUT2D eigenvalue weighted by atomic mass is 79.9. The van der Waals surface area contributed by atoms with E-state index in [1.165, 1.54) is 4.31 Å². The number of nitrogens with zero attached hydrogens (tertiary/aromatic N) is 1. The molecule has 1 fully saturated rings. The van der Waals surface area contributed by atoms with Gasteiger partial charge in [-0.1, -0.05) is 12.1 Å². The molecule has 18 heavy (non-hydrogen) atoms. The van der Waals surface area contributed by atoms with Gasteiger partial charge >= 0.3 is 0 Å². The fourth-order valence-electron chi connectivity index (χ4n) is 1.97. The van der Waals surface area contributed by atoms with Gasteiger partial charge in [-0.2, -0.15) is 4.31 Å². The normalized spacial score (nSPS) is 22.7. The standard InChI is InChI=1S/C12H16BrNO3S/c1-10-9-14(7-4-8-17-10)18(15,16)12-6-3-2-5-11(12)13/h2-3,5-6,10H,4,7-9H2,1H3. The molecule has 0 N–H and O–H groups in total. The van der Waals surface area contributed by atoms with Gasteiger partial charge in [0, 0.05) is 24.2 Å². The summed E-state index contributed by atoms with van der Waals surface area (Å²) in [6.07, 6.45) is 0.665. The van der Waals surface area contributed by atoms with Crippen LogP contribution in [0.4, 0.5) is 0 Å². The van der Waals surface area contributed by atoms with Gasteiger partial charge in [-0.05, 0) is 41.4 Å². The van der Waals surface area contributed by atoms with E-state index in [4.69, 9.17) is 4.74 Å². The van der Waals surface area contributed by atoms with Gasteiger partial charge in [0.1, 0.15) is 0 Å². The van der Waals surface area contributed by atoms with E-state index in [2.05, 4.69) is 15.9 Å². The van der Waals surface area contributed by atoms with E-state index in [0.29, 0.717) is 29.1 Å². The van der Waals surface area contributed by atoms with Crippen LogP contribution in [-0.4, -0.2) is 38.5 Å². The predicted molar refractivity (Wildman–Crippen MR) is 72.9 cm³/mol. The second-order valence-corrected chi connectivity index (χ2v) is 7.09. The number of ether oxygens (including phenoxy) is 1. The molecule has 0 aromatic heterocycles. The summed E-state index contributed by atoms with van der Waals surface area (Å²) in [6.45, 7) is 3.43. The van der Waals surface area contributed by atoms with Gasteiger partial charge in [-0.25, -0.2) is 8.42 Å². The Hall–Kier alpha value is -0.430. The molecule has 0 aliphatic carbocycles. The summed E-state index contributed by atoms with van der Waals surface area (Å²) in [7, 11) is -3.44. The minimum Gasteiger partial charge on any atom is -0.377 e. The highest BCUT2D eigenvalue weighted by Crippen LogP contribution is 2.25. The van der Waals surface area contributed by atoms with Crippen molar-refractivity contribution in [2.45, 2.75) is 24.3 Å². The molecular weight excluding hydrogens is 318 g/mol. The average molecular weight is 334 g/mol. The molecule has 1 aromatic rings. The Labute approximate surface area is 116 Å². The van der Waals surface area contributed by atoms with Crippen LogP contribution in [0.2, 0.25) is 0 Å². The Balaban J connectivity index is 2.33. The number of hydrogen-bond donors (Lipinski definition) is 0. The molecule has 1 aromatic carbocycles. The van der Waals surface area contributed by atoms with Crippen LogP contribution in [0.1, 0.15) is 13.3 Å². The second kappa shape index (κ2) is 5.69. The maximum Gasteiger partial charge on any atom is 0.244 e. The lowest BCUT2D eigenvalue weighted by molar-refractivity contribution is 0.0752. The van der Waals surface area contributed by atoms with Gasteiger partial charge in [0.15, 0.2) is 0 Å². The van der Waals surface area contributed by atoms with Crippen LogP contribution >= 0.6 is 15.9 Å². The fraction of sp³-hybridized carbons (Fsp3) is 0.500. The summed E-state index contributed by atoms with van der Waals surface area (Å²) in [4.78, 5) is 0.319. The summed E-state index contributed by atoms with van der Waals surface area (Å²) in [5, 5.41) is 0. The maximum atomic E-state index is 12.5. The highest BCUT2D eigenvalue weighted by Gasteiger charge is 2.29. The first kappa shape index (κ1) is 14.0. The van der Waals surface area contributed by atoms with Gasteiger partial charge in [-0.3, -0.25) is 0 Å². The van der Waals surface area contributed by atoms with E-state index >= 15 is 0 Å². The van der Waals surface area contributed by atoms with Crippen LogP contribution in [0.5, 0.6) is 0 Å². The van der Waals surface area contributed by atoms with Crippen molar-refractivity contribution in [3.8, 4) is 0 Å². The number of hydrogen-bond acceptors (Lipinski definition) is 3. The Kier molecular flexibility index (Phi) is 4.42. The monoisotopic (exact) mass is 333 g/mol. The Bertz CT molecular complexity index is 518. The third-order valence-electron chi connectivity index (χ3n) is 2.87. The second-order valence-electron chi connectivity index (χ2n) is 4.33. The van der Waals surface area contributed by atoms with Crippen molar-refractivity contribution in [1.29, 1.82) is 0 Å². The van der Waals surface area contributed by atoms with Gasteiger partial charge in [0.05, 0.1) is 11.0 Å². The summed E-state index contributed by atoms with van der Waals surface area (Å²) in [6, 6.07) is 6.90. The Morgan fingerprint density at radius 3 is 2.83 bits per heavy atom. The molecular formula is C12H16BrNO3S. The number of sulfonamides is 1. The van der Waals surface area contributed by atoms with Gasteiger partial charge < -0.3 is 4.74 Å². The molecule has 0 bridgehead atoms. The van der Waals surface area contributed by atoms with Crippen LogP contribution in [0.3, 0.4) is 0 Å². The minimum absolute atomic E-state index is 0.0650. The van der Waals surface area contributed by atoms with Crippen LogP contribution in [0.15, 0.2) is 33.6 Å². The predicted octanol–water partition coefficient (Wildman–Crippen LogP) is 2.25. The van der Waals surface area contributed by atoms with Crippen LogP contribution in [0.25, 0.3) is 0 Å². The fourth-order valence-corrected chi connectivity index (χ4v) is 4.48. The van der Waals surface area contributed by atoms with Crippen LogP contribution in [0, 0.1) is 0 Å². The van der Waals surface area contributed by atoms with Crippen molar-refractivity contribution >= 4 is 26.0 Å². The molecule has 0 amide bonds. The first-order valence-corrected chi connectivity index (χ1v) is 8.11. The van der Waals surface area contributed by atoms with Gasteiger partial charge in [-0.15, -0.1) is 0 Å². The molecule has 1 unspecified atom stereocenters. The zero-order chi connectivity index (χ0) is 13.2. The largest absolute Gasteiger partial charge is 0.377 e. The Morgan fingerprint density at radius 2 is 2.11 bits per heavy atom. The minimum atomic E-state index is -3.44. The van der Waals surface area contributed by atoms with E-state index < -0.39 is 10.0 Å². The van der Waals surface area contributed by atoms with Crippen molar-refractivity contribution in [1.82, 2.24) is 4.31 Å².